The van der Waals surface area contributed by atoms with Crippen LogP contribution in [0.3, 0.4) is 0 Å². The molecule has 0 unspecified atom stereocenters. The monoisotopic (exact) mass is 219 g/mol. The van der Waals surface area contributed by atoms with E-state index in [0.717, 1.165) is 36.5 Å². The van der Waals surface area contributed by atoms with Crippen molar-refractivity contribution in [2.24, 2.45) is 0 Å². The Morgan fingerprint density at radius 1 is 1.31 bits per heavy atom. The number of rotatable bonds is 1. The Labute approximate surface area is 94.7 Å². The fourth-order valence-electron chi connectivity index (χ4n) is 2.95. The van der Waals surface area contributed by atoms with E-state index in [1.54, 1.807) is 0 Å². The van der Waals surface area contributed by atoms with Gasteiger partial charge < -0.3 is 5.32 Å². The van der Waals surface area contributed by atoms with Gasteiger partial charge >= 0.3 is 0 Å². The highest BCUT2D eigenvalue weighted by Crippen LogP contribution is 2.29. The molecule has 3 rings (SSSR count). The number of aromatic nitrogens is 2. The second kappa shape index (κ2) is 3.70. The minimum absolute atomic E-state index is 0.194. The Balaban J connectivity index is 2.14. The Hall–Kier alpha value is -1.16. The van der Waals surface area contributed by atoms with Crippen LogP contribution in [0.5, 0.6) is 0 Å². The van der Waals surface area contributed by atoms with E-state index in [1.807, 2.05) is 11.5 Å². The normalized spacial score (nSPS) is 20.3. The first kappa shape index (κ1) is 10.0. The molecule has 0 atom stereocenters. The summed E-state index contributed by atoms with van der Waals surface area (Å²) in [7, 11) is 0. The molecule has 2 heterocycles. The van der Waals surface area contributed by atoms with E-state index in [0.29, 0.717) is 12.6 Å². The first-order chi connectivity index (χ1) is 7.77. The average Bonchev–Trinajstić information content (AvgIpc) is 2.87. The van der Waals surface area contributed by atoms with Gasteiger partial charge in [0, 0.05) is 19.1 Å². The molecule has 1 saturated carbocycles. The maximum atomic E-state index is 12.4. The Bertz CT molecular complexity index is 472. The molecule has 1 N–H and O–H groups in total. The Morgan fingerprint density at radius 2 is 2.06 bits per heavy atom. The molecule has 0 bridgehead atoms. The number of hydrogen-bond acceptors (Lipinski definition) is 3. The van der Waals surface area contributed by atoms with Gasteiger partial charge in [0.15, 0.2) is 0 Å². The summed E-state index contributed by atoms with van der Waals surface area (Å²) in [6.07, 6.45) is 4.75. The molecule has 1 aromatic heterocycles. The van der Waals surface area contributed by atoms with Crippen molar-refractivity contribution >= 4 is 0 Å². The Kier molecular flexibility index (Phi) is 2.32. The predicted octanol–water partition coefficient (Wildman–Crippen LogP) is 1.27. The van der Waals surface area contributed by atoms with E-state index in [2.05, 4.69) is 10.3 Å². The second-order valence-corrected chi connectivity index (χ2v) is 4.80. The van der Waals surface area contributed by atoms with Crippen molar-refractivity contribution in [2.45, 2.75) is 51.7 Å². The highest BCUT2D eigenvalue weighted by molar-refractivity contribution is 5.22. The average molecular weight is 219 g/mol. The second-order valence-electron chi connectivity index (χ2n) is 4.80. The van der Waals surface area contributed by atoms with Crippen molar-refractivity contribution in [3.05, 3.63) is 27.4 Å². The van der Waals surface area contributed by atoms with Crippen molar-refractivity contribution in [1.29, 1.82) is 0 Å². The van der Waals surface area contributed by atoms with Gasteiger partial charge in [-0.05, 0) is 19.8 Å². The predicted molar refractivity (Wildman–Crippen MR) is 61.3 cm³/mol. The molecular formula is C12H17N3O. The lowest BCUT2D eigenvalue weighted by Gasteiger charge is -2.17. The van der Waals surface area contributed by atoms with E-state index in [-0.39, 0.29) is 5.56 Å². The van der Waals surface area contributed by atoms with Gasteiger partial charge in [-0.3, -0.25) is 9.36 Å². The minimum Gasteiger partial charge on any atom is -0.307 e. The summed E-state index contributed by atoms with van der Waals surface area (Å²) in [5.74, 6) is 0.888. The fraction of sp³-hybridized carbons (Fsp3) is 0.667. The molecule has 2 aliphatic rings. The van der Waals surface area contributed by atoms with Gasteiger partial charge in [-0.1, -0.05) is 12.8 Å². The van der Waals surface area contributed by atoms with Crippen LogP contribution < -0.4 is 10.9 Å². The molecule has 1 aliphatic heterocycles. The Morgan fingerprint density at radius 3 is 2.81 bits per heavy atom. The summed E-state index contributed by atoms with van der Waals surface area (Å²) in [4.78, 5) is 16.9. The maximum Gasteiger partial charge on any atom is 0.258 e. The third-order valence-electron chi connectivity index (χ3n) is 3.75. The van der Waals surface area contributed by atoms with Gasteiger partial charge in [-0.2, -0.15) is 0 Å². The number of hydrogen-bond donors (Lipinski definition) is 1. The van der Waals surface area contributed by atoms with Gasteiger partial charge in [0.1, 0.15) is 5.82 Å². The van der Waals surface area contributed by atoms with E-state index in [9.17, 15) is 4.79 Å². The molecule has 1 fully saturated rings. The molecule has 1 aliphatic carbocycles. The molecule has 1 aromatic rings. The van der Waals surface area contributed by atoms with Crippen molar-refractivity contribution in [3.8, 4) is 0 Å². The summed E-state index contributed by atoms with van der Waals surface area (Å²) in [6.45, 7) is 3.39. The zero-order chi connectivity index (χ0) is 11.1. The maximum absolute atomic E-state index is 12.4. The van der Waals surface area contributed by atoms with Crippen LogP contribution in [0.15, 0.2) is 4.79 Å². The molecule has 0 radical (unpaired) electrons. The summed E-state index contributed by atoms with van der Waals surface area (Å²) in [5, 5.41) is 3.20. The fourth-order valence-corrected chi connectivity index (χ4v) is 2.95. The van der Waals surface area contributed by atoms with Gasteiger partial charge in [0.05, 0.1) is 11.3 Å². The van der Waals surface area contributed by atoms with E-state index in [4.69, 9.17) is 0 Å². The topological polar surface area (TPSA) is 46.9 Å². The molecule has 4 heteroatoms. The quantitative estimate of drug-likeness (QED) is 0.773. The molecule has 0 saturated heterocycles. The number of nitrogens with one attached hydrogen (secondary N) is 1. The third kappa shape index (κ3) is 1.40. The van der Waals surface area contributed by atoms with Crippen LogP contribution in [0, 0.1) is 6.92 Å². The highest BCUT2D eigenvalue weighted by atomic mass is 16.1. The molecule has 0 spiro atoms. The first-order valence-electron chi connectivity index (χ1n) is 6.09. The zero-order valence-electron chi connectivity index (χ0n) is 9.62. The molecule has 86 valence electrons. The van der Waals surface area contributed by atoms with Gasteiger partial charge in [0.2, 0.25) is 0 Å². The zero-order valence-corrected chi connectivity index (χ0v) is 9.62. The molecular weight excluding hydrogens is 202 g/mol. The number of nitrogens with zero attached hydrogens (tertiary/aromatic N) is 2. The van der Waals surface area contributed by atoms with Crippen LogP contribution in [0.1, 0.15) is 48.8 Å². The van der Waals surface area contributed by atoms with Crippen molar-refractivity contribution < 1.29 is 0 Å². The summed E-state index contributed by atoms with van der Waals surface area (Å²) >= 11 is 0. The highest BCUT2D eigenvalue weighted by Gasteiger charge is 2.24. The van der Waals surface area contributed by atoms with Crippen LogP contribution in [0.25, 0.3) is 0 Å². The molecule has 4 nitrogen and oxygen atoms in total. The lowest BCUT2D eigenvalue weighted by atomic mass is 10.2. The standard InChI is InChI=1S/C12H17N3O/c1-8-14-11-7-13-6-10(11)12(16)15(8)9-4-2-3-5-9/h9,13H,2-7H2,1H3. The summed E-state index contributed by atoms with van der Waals surface area (Å²) in [5.41, 5.74) is 2.04. The SMILES string of the molecule is Cc1nc2c(c(=O)n1C1CCCC1)CNC2. The van der Waals surface area contributed by atoms with Gasteiger partial charge in [0.25, 0.3) is 5.56 Å². The van der Waals surface area contributed by atoms with Crippen LogP contribution in [0.4, 0.5) is 0 Å². The van der Waals surface area contributed by atoms with Crippen molar-refractivity contribution in [1.82, 2.24) is 14.9 Å². The minimum atomic E-state index is 0.194. The first-order valence-corrected chi connectivity index (χ1v) is 6.09. The number of fused-ring (bicyclic) bond motifs is 1. The van der Waals surface area contributed by atoms with Crippen LogP contribution in [-0.2, 0) is 13.1 Å². The smallest absolute Gasteiger partial charge is 0.258 e. The van der Waals surface area contributed by atoms with Crippen molar-refractivity contribution in [2.75, 3.05) is 0 Å². The van der Waals surface area contributed by atoms with Crippen LogP contribution in [-0.4, -0.2) is 9.55 Å². The van der Waals surface area contributed by atoms with E-state index < -0.39 is 0 Å². The van der Waals surface area contributed by atoms with Crippen LogP contribution in [0.2, 0.25) is 0 Å². The largest absolute Gasteiger partial charge is 0.307 e. The third-order valence-corrected chi connectivity index (χ3v) is 3.75. The van der Waals surface area contributed by atoms with Gasteiger partial charge in [-0.25, -0.2) is 4.98 Å². The molecule has 0 amide bonds. The molecule has 0 aromatic carbocycles. The van der Waals surface area contributed by atoms with E-state index >= 15 is 0 Å². The molecule has 16 heavy (non-hydrogen) atoms. The lowest BCUT2D eigenvalue weighted by Crippen LogP contribution is -2.30. The summed E-state index contributed by atoms with van der Waals surface area (Å²) < 4.78 is 1.93. The summed E-state index contributed by atoms with van der Waals surface area (Å²) in [6, 6.07) is 0.394. The van der Waals surface area contributed by atoms with Crippen molar-refractivity contribution in [3.63, 3.8) is 0 Å². The number of aryl methyl sites for hydroxylation is 1. The lowest BCUT2D eigenvalue weighted by molar-refractivity contribution is 0.477. The van der Waals surface area contributed by atoms with E-state index in [1.165, 1.54) is 12.8 Å². The van der Waals surface area contributed by atoms with Crippen LogP contribution >= 0.6 is 0 Å². The van der Waals surface area contributed by atoms with Gasteiger partial charge in [-0.15, -0.1) is 0 Å².